The third kappa shape index (κ3) is 5.71. The van der Waals surface area contributed by atoms with Crippen molar-refractivity contribution in [3.05, 3.63) is 77.6 Å². The number of halogens is 1. The van der Waals surface area contributed by atoms with Gasteiger partial charge in [-0.3, -0.25) is 4.79 Å². The van der Waals surface area contributed by atoms with Crippen molar-refractivity contribution in [1.82, 2.24) is 5.32 Å². The van der Waals surface area contributed by atoms with E-state index < -0.39 is 12.0 Å². The van der Waals surface area contributed by atoms with Crippen LogP contribution >= 0.6 is 11.8 Å². The maximum absolute atomic E-state index is 13.1. The average molecular weight is 414 g/mol. The maximum Gasteiger partial charge on any atom is 0.320 e. The van der Waals surface area contributed by atoms with Crippen molar-refractivity contribution in [2.45, 2.75) is 25.6 Å². The largest absolute Gasteiger partial charge is 0.489 e. The smallest absolute Gasteiger partial charge is 0.320 e. The Morgan fingerprint density at radius 1 is 1.14 bits per heavy atom. The molecule has 2 N–H and O–H groups in total. The summed E-state index contributed by atoms with van der Waals surface area (Å²) in [7, 11) is 0. The zero-order valence-corrected chi connectivity index (χ0v) is 17.0. The van der Waals surface area contributed by atoms with Crippen LogP contribution in [0.4, 0.5) is 4.39 Å². The van der Waals surface area contributed by atoms with E-state index in [0.717, 1.165) is 27.7 Å². The molecule has 3 rings (SSSR count). The van der Waals surface area contributed by atoms with Crippen LogP contribution in [0, 0.1) is 5.82 Å². The number of aliphatic carboxylic acids is 1. The minimum atomic E-state index is -0.854. The molecule has 0 spiro atoms. The van der Waals surface area contributed by atoms with Crippen molar-refractivity contribution in [3.63, 3.8) is 0 Å². The first kappa shape index (κ1) is 21.1. The number of carboxylic acids is 1. The Morgan fingerprint density at radius 3 is 2.62 bits per heavy atom. The maximum atomic E-state index is 13.1. The molecule has 0 fully saturated rings. The van der Waals surface area contributed by atoms with Gasteiger partial charge in [0.05, 0.1) is 0 Å². The molecule has 0 aliphatic rings. The first-order valence-corrected chi connectivity index (χ1v) is 10.8. The lowest BCUT2D eigenvalue weighted by Gasteiger charge is -2.18. The monoisotopic (exact) mass is 413 g/mol. The van der Waals surface area contributed by atoms with Gasteiger partial charge < -0.3 is 15.2 Å². The van der Waals surface area contributed by atoms with Crippen molar-refractivity contribution in [2.24, 2.45) is 0 Å². The van der Waals surface area contributed by atoms with Gasteiger partial charge in [-0.15, -0.1) is 0 Å². The second-order valence-corrected chi connectivity index (χ2v) is 7.72. The molecule has 0 amide bonds. The first-order chi connectivity index (χ1) is 14.1. The van der Waals surface area contributed by atoms with E-state index in [-0.39, 0.29) is 5.82 Å². The summed E-state index contributed by atoms with van der Waals surface area (Å²) < 4.78 is 19.2. The molecule has 0 heterocycles. The molecule has 0 saturated carbocycles. The summed E-state index contributed by atoms with van der Waals surface area (Å²) in [6, 6.07) is 17.4. The first-order valence-electron chi connectivity index (χ1n) is 9.41. The van der Waals surface area contributed by atoms with E-state index in [9.17, 15) is 14.3 Å². The number of ether oxygens (including phenoxy) is 1. The lowest BCUT2D eigenvalue weighted by Crippen LogP contribution is -2.36. The SMILES string of the molecule is CSCCC(NCc1c(OCc2ccc(F)cc2)ccc2ccccc12)C(=O)O. The summed E-state index contributed by atoms with van der Waals surface area (Å²) in [6.07, 6.45) is 2.51. The number of carbonyl (C=O) groups is 1. The van der Waals surface area contributed by atoms with Crippen LogP contribution in [0.15, 0.2) is 60.7 Å². The molecule has 3 aromatic carbocycles. The third-order valence-electron chi connectivity index (χ3n) is 4.74. The van der Waals surface area contributed by atoms with Gasteiger partial charge in [0.1, 0.15) is 24.2 Å². The summed E-state index contributed by atoms with van der Waals surface area (Å²) >= 11 is 1.63. The van der Waals surface area contributed by atoms with Gasteiger partial charge in [0, 0.05) is 12.1 Å². The van der Waals surface area contributed by atoms with Gasteiger partial charge in [-0.1, -0.05) is 42.5 Å². The summed E-state index contributed by atoms with van der Waals surface area (Å²) in [5.74, 6) is 0.324. The Bertz CT molecular complexity index is 962. The van der Waals surface area contributed by atoms with Gasteiger partial charge >= 0.3 is 5.97 Å². The molecule has 0 radical (unpaired) electrons. The number of hydrogen-bond donors (Lipinski definition) is 2. The van der Waals surface area contributed by atoms with Crippen molar-refractivity contribution in [2.75, 3.05) is 12.0 Å². The van der Waals surface area contributed by atoms with E-state index >= 15 is 0 Å². The number of carboxylic acid groups (broad SMARTS) is 1. The number of nitrogens with one attached hydrogen (secondary N) is 1. The predicted octanol–water partition coefficient (Wildman–Crippen LogP) is 4.85. The van der Waals surface area contributed by atoms with Crippen LogP contribution in [-0.4, -0.2) is 29.1 Å². The zero-order valence-electron chi connectivity index (χ0n) is 16.2. The minimum Gasteiger partial charge on any atom is -0.489 e. The molecule has 0 aliphatic carbocycles. The summed E-state index contributed by atoms with van der Waals surface area (Å²) in [5.41, 5.74) is 1.78. The highest BCUT2D eigenvalue weighted by Crippen LogP contribution is 2.29. The van der Waals surface area contributed by atoms with Gasteiger partial charge in [0.2, 0.25) is 0 Å². The number of hydrogen-bond acceptors (Lipinski definition) is 4. The lowest BCUT2D eigenvalue weighted by molar-refractivity contribution is -0.139. The zero-order chi connectivity index (χ0) is 20.6. The second-order valence-electron chi connectivity index (χ2n) is 6.73. The van der Waals surface area contributed by atoms with Crippen LogP contribution in [0.25, 0.3) is 10.8 Å². The number of fused-ring (bicyclic) bond motifs is 1. The molecule has 0 bridgehead atoms. The van der Waals surface area contributed by atoms with Gasteiger partial charge in [-0.25, -0.2) is 4.39 Å². The Kier molecular flexibility index (Phi) is 7.49. The second kappa shape index (κ2) is 10.3. The standard InChI is InChI=1S/C23H24FNO3S/c1-29-13-12-21(23(26)27)25-14-20-19-5-3-2-4-17(19)8-11-22(20)28-15-16-6-9-18(24)10-7-16/h2-11,21,25H,12-15H2,1H3,(H,26,27). The topological polar surface area (TPSA) is 58.6 Å². The molecule has 3 aromatic rings. The van der Waals surface area contributed by atoms with Crippen molar-refractivity contribution in [1.29, 1.82) is 0 Å². The van der Waals surface area contributed by atoms with Crippen LogP contribution in [0.5, 0.6) is 5.75 Å². The fraction of sp³-hybridized carbons (Fsp3) is 0.261. The average Bonchev–Trinajstić information content (AvgIpc) is 2.73. The van der Waals surface area contributed by atoms with Crippen LogP contribution < -0.4 is 10.1 Å². The molecule has 1 unspecified atom stereocenters. The molecule has 4 nitrogen and oxygen atoms in total. The molecular formula is C23H24FNO3S. The lowest BCUT2D eigenvalue weighted by atomic mass is 10.0. The summed E-state index contributed by atoms with van der Waals surface area (Å²) in [4.78, 5) is 11.6. The fourth-order valence-electron chi connectivity index (χ4n) is 3.15. The van der Waals surface area contributed by atoms with Crippen LogP contribution in [0.1, 0.15) is 17.5 Å². The number of benzene rings is 3. The molecule has 6 heteroatoms. The van der Waals surface area contributed by atoms with Crippen LogP contribution in [0.3, 0.4) is 0 Å². The predicted molar refractivity (Wildman–Crippen MR) is 116 cm³/mol. The highest BCUT2D eigenvalue weighted by atomic mass is 32.2. The van der Waals surface area contributed by atoms with Crippen LogP contribution in [0.2, 0.25) is 0 Å². The molecule has 29 heavy (non-hydrogen) atoms. The Morgan fingerprint density at radius 2 is 1.90 bits per heavy atom. The minimum absolute atomic E-state index is 0.283. The highest BCUT2D eigenvalue weighted by Gasteiger charge is 2.18. The molecule has 1 atom stereocenters. The summed E-state index contributed by atoms with van der Waals surface area (Å²) in [5, 5.41) is 14.8. The molecule has 0 aromatic heterocycles. The molecule has 0 aliphatic heterocycles. The fourth-order valence-corrected chi connectivity index (χ4v) is 3.62. The Labute approximate surface area is 174 Å². The molecular weight excluding hydrogens is 389 g/mol. The Balaban J connectivity index is 1.83. The van der Waals surface area contributed by atoms with Crippen molar-refractivity contribution in [3.8, 4) is 5.75 Å². The van der Waals surface area contributed by atoms with Crippen molar-refractivity contribution >= 4 is 28.5 Å². The van der Waals surface area contributed by atoms with E-state index in [1.54, 1.807) is 23.9 Å². The van der Waals surface area contributed by atoms with E-state index in [1.165, 1.54) is 12.1 Å². The third-order valence-corrected chi connectivity index (χ3v) is 5.38. The summed E-state index contributed by atoms with van der Waals surface area (Å²) in [6.45, 7) is 0.686. The van der Waals surface area contributed by atoms with Crippen molar-refractivity contribution < 1.29 is 19.0 Å². The van der Waals surface area contributed by atoms with Gasteiger partial charge in [0.25, 0.3) is 0 Å². The van der Waals surface area contributed by atoms with E-state index in [4.69, 9.17) is 4.74 Å². The van der Waals surface area contributed by atoms with Gasteiger partial charge in [-0.05, 0) is 53.0 Å². The van der Waals surface area contributed by atoms with Gasteiger partial charge in [0.15, 0.2) is 0 Å². The van der Waals surface area contributed by atoms with E-state index in [1.807, 2.05) is 42.7 Å². The normalized spacial score (nSPS) is 12.1. The highest BCUT2D eigenvalue weighted by molar-refractivity contribution is 7.98. The number of thioether (sulfide) groups is 1. The van der Waals surface area contributed by atoms with Gasteiger partial charge in [-0.2, -0.15) is 11.8 Å². The molecule has 0 saturated heterocycles. The number of rotatable bonds is 10. The Hall–Kier alpha value is -2.57. The van der Waals surface area contributed by atoms with E-state index in [0.29, 0.717) is 25.3 Å². The van der Waals surface area contributed by atoms with E-state index in [2.05, 4.69) is 5.32 Å². The van der Waals surface area contributed by atoms with Crippen LogP contribution in [-0.2, 0) is 17.9 Å². The molecule has 152 valence electrons. The quantitative estimate of drug-likeness (QED) is 0.497.